The maximum absolute atomic E-state index is 12.2. The van der Waals surface area contributed by atoms with E-state index in [2.05, 4.69) is 13.8 Å². The SMILES string of the molecule is CCCCCCCCCCCCCCOCC(COP(=O)(O)OCC[N+](C)(C)C)OC(=O)CCCCC. The van der Waals surface area contributed by atoms with E-state index in [0.717, 1.165) is 32.1 Å². The van der Waals surface area contributed by atoms with Crippen LogP contribution in [0.2, 0.25) is 0 Å². The van der Waals surface area contributed by atoms with Crippen LogP contribution in [0, 0.1) is 0 Å². The number of hydrogen-bond donors (Lipinski definition) is 1. The van der Waals surface area contributed by atoms with Crippen molar-refractivity contribution in [1.82, 2.24) is 0 Å². The van der Waals surface area contributed by atoms with E-state index in [1.807, 2.05) is 21.1 Å². The molecular formula is C28H59NO7P+. The average molecular weight is 553 g/mol. The van der Waals surface area contributed by atoms with E-state index >= 15 is 0 Å². The number of phosphoric ester groups is 1. The molecule has 0 aliphatic carbocycles. The van der Waals surface area contributed by atoms with Gasteiger partial charge in [-0.1, -0.05) is 97.3 Å². The summed E-state index contributed by atoms with van der Waals surface area (Å²) in [5.74, 6) is -0.338. The Hall–Kier alpha value is -0.500. The lowest BCUT2D eigenvalue weighted by Gasteiger charge is -2.24. The van der Waals surface area contributed by atoms with Crippen molar-refractivity contribution in [2.45, 2.75) is 123 Å². The first kappa shape index (κ1) is 36.5. The number of likely N-dealkylation sites (N-methyl/N-ethyl adjacent to an activating group) is 1. The molecule has 0 spiro atoms. The van der Waals surface area contributed by atoms with Gasteiger partial charge in [0.2, 0.25) is 0 Å². The molecule has 0 saturated carbocycles. The van der Waals surface area contributed by atoms with Gasteiger partial charge in [-0.15, -0.1) is 0 Å². The summed E-state index contributed by atoms with van der Waals surface area (Å²) in [6.07, 6.45) is 17.6. The van der Waals surface area contributed by atoms with Crippen LogP contribution in [0.15, 0.2) is 0 Å². The van der Waals surface area contributed by atoms with Crippen LogP contribution < -0.4 is 0 Å². The molecule has 0 aromatic carbocycles. The Balaban J connectivity index is 4.18. The molecule has 0 saturated heterocycles. The van der Waals surface area contributed by atoms with Gasteiger partial charge in [-0.25, -0.2) is 4.57 Å². The topological polar surface area (TPSA) is 91.3 Å². The number of phosphoric acid groups is 1. The van der Waals surface area contributed by atoms with Gasteiger partial charge in [0.1, 0.15) is 19.3 Å². The molecule has 0 aromatic rings. The zero-order valence-electron chi connectivity index (χ0n) is 24.7. The maximum atomic E-state index is 12.2. The molecule has 0 rings (SSSR count). The van der Waals surface area contributed by atoms with Gasteiger partial charge in [-0.2, -0.15) is 0 Å². The number of nitrogens with zero attached hydrogens (tertiary/aromatic N) is 1. The smallest absolute Gasteiger partial charge is 0.457 e. The third-order valence-electron chi connectivity index (χ3n) is 6.17. The number of ether oxygens (including phenoxy) is 2. The van der Waals surface area contributed by atoms with Crippen LogP contribution in [0.5, 0.6) is 0 Å². The lowest BCUT2D eigenvalue weighted by Crippen LogP contribution is -2.37. The molecule has 2 unspecified atom stereocenters. The van der Waals surface area contributed by atoms with Crippen LogP contribution in [0.25, 0.3) is 0 Å². The quantitative estimate of drug-likeness (QED) is 0.0506. The Bertz CT molecular complexity index is 583. The fraction of sp³-hybridized carbons (Fsp3) is 0.964. The summed E-state index contributed by atoms with van der Waals surface area (Å²) in [4.78, 5) is 22.2. The van der Waals surface area contributed by atoms with Gasteiger partial charge in [0.25, 0.3) is 0 Å². The Morgan fingerprint density at radius 3 is 1.78 bits per heavy atom. The molecule has 9 heteroatoms. The van der Waals surface area contributed by atoms with E-state index in [1.54, 1.807) is 0 Å². The fourth-order valence-electron chi connectivity index (χ4n) is 3.78. The molecule has 0 bridgehead atoms. The first-order valence-corrected chi connectivity index (χ1v) is 16.3. The van der Waals surface area contributed by atoms with Crippen LogP contribution in [0.1, 0.15) is 117 Å². The fourth-order valence-corrected chi connectivity index (χ4v) is 4.53. The zero-order chi connectivity index (χ0) is 27.8. The predicted octanol–water partition coefficient (Wildman–Crippen LogP) is 7.04. The number of hydrogen-bond acceptors (Lipinski definition) is 6. The number of carbonyl (C=O) groups excluding carboxylic acids is 1. The minimum atomic E-state index is -4.23. The molecule has 0 aliphatic heterocycles. The van der Waals surface area contributed by atoms with Gasteiger partial charge in [-0.05, 0) is 12.8 Å². The van der Waals surface area contributed by atoms with Gasteiger partial charge in [0.15, 0.2) is 0 Å². The molecule has 0 radical (unpaired) electrons. The molecule has 0 aromatic heterocycles. The maximum Gasteiger partial charge on any atom is 0.472 e. The van der Waals surface area contributed by atoms with E-state index in [9.17, 15) is 14.3 Å². The molecule has 0 aliphatic rings. The summed E-state index contributed by atoms with van der Waals surface area (Å²) in [7, 11) is 1.67. The minimum absolute atomic E-state index is 0.0915. The van der Waals surface area contributed by atoms with Crippen molar-refractivity contribution < 1.29 is 37.3 Å². The van der Waals surface area contributed by atoms with Crippen molar-refractivity contribution in [3.63, 3.8) is 0 Å². The van der Waals surface area contributed by atoms with Crippen molar-refractivity contribution in [2.24, 2.45) is 0 Å². The monoisotopic (exact) mass is 552 g/mol. The van der Waals surface area contributed by atoms with E-state index < -0.39 is 13.9 Å². The van der Waals surface area contributed by atoms with Crippen LogP contribution in [-0.2, 0) is 27.9 Å². The largest absolute Gasteiger partial charge is 0.472 e. The zero-order valence-corrected chi connectivity index (χ0v) is 25.6. The van der Waals surface area contributed by atoms with E-state index in [-0.39, 0.29) is 25.8 Å². The van der Waals surface area contributed by atoms with Crippen molar-refractivity contribution in [2.75, 3.05) is 54.1 Å². The highest BCUT2D eigenvalue weighted by Gasteiger charge is 2.26. The van der Waals surface area contributed by atoms with E-state index in [1.165, 1.54) is 64.2 Å². The number of unbranched alkanes of at least 4 members (excludes halogenated alkanes) is 13. The molecular weight excluding hydrogens is 493 g/mol. The normalized spacial score (nSPS) is 14.4. The van der Waals surface area contributed by atoms with Crippen LogP contribution >= 0.6 is 7.82 Å². The minimum Gasteiger partial charge on any atom is -0.457 e. The molecule has 0 amide bonds. The number of rotatable bonds is 27. The number of quaternary nitrogens is 1. The molecule has 1 N–H and O–H groups in total. The van der Waals surface area contributed by atoms with Crippen LogP contribution in [0.3, 0.4) is 0 Å². The Morgan fingerprint density at radius 1 is 0.730 bits per heavy atom. The van der Waals surface area contributed by atoms with Crippen molar-refractivity contribution in [3.8, 4) is 0 Å². The highest BCUT2D eigenvalue weighted by Crippen LogP contribution is 2.43. The van der Waals surface area contributed by atoms with Gasteiger partial charge in [0.05, 0.1) is 34.4 Å². The van der Waals surface area contributed by atoms with Crippen molar-refractivity contribution in [1.29, 1.82) is 0 Å². The second-order valence-corrected chi connectivity index (χ2v) is 12.6. The summed E-state index contributed by atoms with van der Waals surface area (Å²) in [6.45, 7) is 5.44. The number of carbonyl (C=O) groups is 1. The van der Waals surface area contributed by atoms with Crippen molar-refractivity contribution >= 4 is 13.8 Å². The first-order valence-electron chi connectivity index (χ1n) is 14.8. The molecule has 0 fully saturated rings. The second kappa shape index (κ2) is 23.4. The van der Waals surface area contributed by atoms with Crippen LogP contribution in [-0.4, -0.2) is 75.6 Å². The number of esters is 1. The highest BCUT2D eigenvalue weighted by molar-refractivity contribution is 7.47. The molecule has 2 atom stereocenters. The lowest BCUT2D eigenvalue weighted by atomic mass is 10.1. The summed E-state index contributed by atoms with van der Waals surface area (Å²) in [5.41, 5.74) is 0. The molecule has 222 valence electrons. The Labute approximate surface area is 228 Å². The van der Waals surface area contributed by atoms with E-state index in [0.29, 0.717) is 24.1 Å². The summed E-state index contributed by atoms with van der Waals surface area (Å²) in [6, 6.07) is 0. The highest BCUT2D eigenvalue weighted by atomic mass is 31.2. The average Bonchev–Trinajstić information content (AvgIpc) is 2.81. The predicted molar refractivity (Wildman–Crippen MR) is 151 cm³/mol. The Kier molecular flexibility index (Phi) is 23.1. The standard InChI is InChI=1S/C28H58NO7P/c1-6-8-10-11-12-13-14-15-16-17-18-20-23-33-25-27(36-28(30)21-19-9-7-2)26-35-37(31,32)34-24-22-29(3,4)5/h27H,6-26H2,1-5H3/p+1. The molecule has 37 heavy (non-hydrogen) atoms. The third-order valence-corrected chi connectivity index (χ3v) is 7.15. The van der Waals surface area contributed by atoms with Gasteiger partial charge < -0.3 is 18.9 Å². The third kappa shape index (κ3) is 26.9. The van der Waals surface area contributed by atoms with Gasteiger partial charge >= 0.3 is 13.8 Å². The summed E-state index contributed by atoms with van der Waals surface area (Å²) >= 11 is 0. The summed E-state index contributed by atoms with van der Waals surface area (Å²) in [5, 5.41) is 0. The van der Waals surface area contributed by atoms with E-state index in [4.69, 9.17) is 18.5 Å². The lowest BCUT2D eigenvalue weighted by molar-refractivity contribution is -0.870. The first-order chi connectivity index (χ1) is 17.6. The second-order valence-electron chi connectivity index (χ2n) is 11.1. The van der Waals surface area contributed by atoms with Gasteiger partial charge in [0, 0.05) is 13.0 Å². The van der Waals surface area contributed by atoms with Gasteiger partial charge in [-0.3, -0.25) is 13.8 Å². The van der Waals surface area contributed by atoms with Crippen LogP contribution in [0.4, 0.5) is 0 Å². The van der Waals surface area contributed by atoms with Crippen molar-refractivity contribution in [3.05, 3.63) is 0 Å². The molecule has 0 heterocycles. The molecule has 8 nitrogen and oxygen atoms in total. The summed E-state index contributed by atoms with van der Waals surface area (Å²) < 4.78 is 34.2. The Morgan fingerprint density at radius 2 is 1.24 bits per heavy atom.